The highest BCUT2D eigenvalue weighted by atomic mass is 19.4. The summed E-state index contributed by atoms with van der Waals surface area (Å²) in [6.45, 7) is -0.468. The molecule has 0 aromatic heterocycles. The number of ether oxygens (including phenoxy) is 2. The standard InChI is InChI=1S/C23H16F4N2O6/c1-34-21(30)14-2-3-15(20(24)12-14)13-28(17-6-4-16(5-7-17)23(25,26)27)22(31)35-19-10-8-18(9-11-19)29(32)33/h2-12H,13H2,1H3. The Morgan fingerprint density at radius 3 is 2.14 bits per heavy atom. The lowest BCUT2D eigenvalue weighted by molar-refractivity contribution is -0.384. The lowest BCUT2D eigenvalue weighted by Crippen LogP contribution is -2.33. The molecule has 182 valence electrons. The second-order valence-corrected chi connectivity index (χ2v) is 7.05. The summed E-state index contributed by atoms with van der Waals surface area (Å²) < 4.78 is 63.2. The van der Waals surface area contributed by atoms with Crippen LogP contribution in [-0.2, 0) is 17.5 Å². The van der Waals surface area contributed by atoms with Gasteiger partial charge >= 0.3 is 18.2 Å². The molecule has 0 aliphatic carbocycles. The van der Waals surface area contributed by atoms with Gasteiger partial charge in [0.1, 0.15) is 11.6 Å². The fraction of sp³-hybridized carbons (Fsp3) is 0.130. The van der Waals surface area contributed by atoms with E-state index in [0.29, 0.717) is 0 Å². The zero-order valence-corrected chi connectivity index (χ0v) is 17.9. The van der Waals surface area contributed by atoms with Gasteiger partial charge < -0.3 is 9.47 Å². The molecule has 0 bridgehead atoms. The fourth-order valence-electron chi connectivity index (χ4n) is 2.97. The van der Waals surface area contributed by atoms with Crippen molar-refractivity contribution in [1.82, 2.24) is 0 Å². The number of benzene rings is 3. The Morgan fingerprint density at radius 1 is 1.00 bits per heavy atom. The van der Waals surface area contributed by atoms with Crippen LogP contribution in [0.1, 0.15) is 21.5 Å². The predicted octanol–water partition coefficient (Wildman–Crippen LogP) is 5.74. The summed E-state index contributed by atoms with van der Waals surface area (Å²) >= 11 is 0. The van der Waals surface area contributed by atoms with E-state index in [2.05, 4.69) is 4.74 Å². The molecule has 0 radical (unpaired) electrons. The molecule has 3 aromatic rings. The van der Waals surface area contributed by atoms with Gasteiger partial charge in [0, 0.05) is 23.4 Å². The van der Waals surface area contributed by atoms with Crippen LogP contribution in [0.4, 0.5) is 33.7 Å². The molecule has 0 saturated heterocycles. The Balaban J connectivity index is 1.93. The smallest absolute Gasteiger partial charge is 0.420 e. The maximum absolute atomic E-state index is 14.7. The third kappa shape index (κ3) is 6.10. The minimum Gasteiger partial charge on any atom is -0.465 e. The summed E-state index contributed by atoms with van der Waals surface area (Å²) in [6, 6.07) is 11.4. The van der Waals surface area contributed by atoms with E-state index in [0.717, 1.165) is 66.6 Å². The van der Waals surface area contributed by atoms with E-state index < -0.39 is 41.1 Å². The zero-order valence-electron chi connectivity index (χ0n) is 17.9. The number of anilines is 1. The molecular formula is C23H16F4N2O6. The van der Waals surface area contributed by atoms with E-state index in [1.807, 2.05) is 0 Å². The average Bonchev–Trinajstić information content (AvgIpc) is 2.82. The number of esters is 1. The highest BCUT2D eigenvalue weighted by Crippen LogP contribution is 2.31. The van der Waals surface area contributed by atoms with Gasteiger partial charge in [-0.25, -0.2) is 14.0 Å². The first-order chi connectivity index (χ1) is 16.5. The molecule has 0 unspecified atom stereocenters. The van der Waals surface area contributed by atoms with Crippen LogP contribution in [0.5, 0.6) is 5.75 Å². The number of nitro benzene ring substituents is 1. The normalized spacial score (nSPS) is 11.0. The third-order valence-electron chi connectivity index (χ3n) is 4.78. The van der Waals surface area contributed by atoms with E-state index in [4.69, 9.17) is 4.74 Å². The molecule has 12 heteroatoms. The maximum Gasteiger partial charge on any atom is 0.420 e. The summed E-state index contributed by atoms with van der Waals surface area (Å²) in [5.41, 5.74) is -1.40. The molecule has 3 aromatic carbocycles. The molecule has 0 spiro atoms. The number of non-ortho nitro benzene ring substituents is 1. The van der Waals surface area contributed by atoms with Crippen molar-refractivity contribution in [2.75, 3.05) is 12.0 Å². The number of hydrogen-bond acceptors (Lipinski definition) is 6. The molecule has 0 atom stereocenters. The van der Waals surface area contributed by atoms with Crippen LogP contribution >= 0.6 is 0 Å². The van der Waals surface area contributed by atoms with Gasteiger partial charge in [-0.1, -0.05) is 6.07 Å². The summed E-state index contributed by atoms with van der Waals surface area (Å²) in [5.74, 6) is -1.74. The van der Waals surface area contributed by atoms with E-state index >= 15 is 0 Å². The fourth-order valence-corrected chi connectivity index (χ4v) is 2.97. The van der Waals surface area contributed by atoms with E-state index in [1.165, 1.54) is 12.1 Å². The quantitative estimate of drug-likeness (QED) is 0.188. The largest absolute Gasteiger partial charge is 0.465 e. The lowest BCUT2D eigenvalue weighted by Gasteiger charge is -2.23. The minimum atomic E-state index is -4.61. The molecule has 0 aliphatic rings. The molecule has 0 heterocycles. The second kappa shape index (κ2) is 10.2. The van der Waals surface area contributed by atoms with Crippen molar-refractivity contribution in [1.29, 1.82) is 0 Å². The Bertz CT molecular complexity index is 1240. The Labute approximate surface area is 195 Å². The number of carbonyl (C=O) groups excluding carboxylic acids is 2. The van der Waals surface area contributed by atoms with Gasteiger partial charge in [0.15, 0.2) is 0 Å². The second-order valence-electron chi connectivity index (χ2n) is 7.05. The van der Waals surface area contributed by atoms with Crippen LogP contribution in [0, 0.1) is 15.9 Å². The van der Waals surface area contributed by atoms with Gasteiger partial charge in [-0.2, -0.15) is 13.2 Å². The number of amides is 1. The maximum atomic E-state index is 14.7. The van der Waals surface area contributed by atoms with Gasteiger partial charge in [0.05, 0.1) is 29.7 Å². The molecule has 0 N–H and O–H groups in total. The number of methoxy groups -OCH3 is 1. The van der Waals surface area contributed by atoms with E-state index in [1.54, 1.807) is 0 Å². The van der Waals surface area contributed by atoms with Gasteiger partial charge in [0.25, 0.3) is 5.69 Å². The highest BCUT2D eigenvalue weighted by molar-refractivity contribution is 5.90. The van der Waals surface area contributed by atoms with Gasteiger partial charge in [0.2, 0.25) is 0 Å². The topological polar surface area (TPSA) is 99.0 Å². The number of halogens is 4. The van der Waals surface area contributed by atoms with Crippen molar-refractivity contribution in [2.45, 2.75) is 12.7 Å². The Hall–Kier alpha value is -4.48. The van der Waals surface area contributed by atoms with Crippen molar-refractivity contribution in [3.63, 3.8) is 0 Å². The summed E-state index contributed by atoms with van der Waals surface area (Å²) in [4.78, 5) is 35.5. The first kappa shape index (κ1) is 25.1. The van der Waals surface area contributed by atoms with Crippen molar-refractivity contribution in [3.05, 3.63) is 99.4 Å². The Morgan fingerprint density at radius 2 is 1.63 bits per heavy atom. The van der Waals surface area contributed by atoms with Crippen molar-refractivity contribution in [3.8, 4) is 5.75 Å². The lowest BCUT2D eigenvalue weighted by atomic mass is 10.1. The third-order valence-corrected chi connectivity index (χ3v) is 4.78. The first-order valence-electron chi connectivity index (χ1n) is 9.77. The van der Waals surface area contributed by atoms with E-state index in [-0.39, 0.29) is 28.3 Å². The van der Waals surface area contributed by atoms with Crippen LogP contribution in [0.25, 0.3) is 0 Å². The number of nitrogens with zero attached hydrogens (tertiary/aromatic N) is 2. The van der Waals surface area contributed by atoms with Gasteiger partial charge in [-0.15, -0.1) is 0 Å². The predicted molar refractivity (Wildman–Crippen MR) is 114 cm³/mol. The number of hydrogen-bond donors (Lipinski definition) is 0. The monoisotopic (exact) mass is 492 g/mol. The van der Waals surface area contributed by atoms with Crippen molar-refractivity contribution < 1.29 is 41.5 Å². The summed E-state index contributed by atoms with van der Waals surface area (Å²) in [5, 5.41) is 10.8. The van der Waals surface area contributed by atoms with E-state index in [9.17, 15) is 37.3 Å². The van der Waals surface area contributed by atoms with Crippen molar-refractivity contribution in [2.24, 2.45) is 0 Å². The molecule has 0 saturated carbocycles. The molecule has 35 heavy (non-hydrogen) atoms. The van der Waals surface area contributed by atoms with Crippen LogP contribution in [0.3, 0.4) is 0 Å². The van der Waals surface area contributed by atoms with Gasteiger partial charge in [-0.05, 0) is 48.5 Å². The highest BCUT2D eigenvalue weighted by Gasteiger charge is 2.31. The molecule has 8 nitrogen and oxygen atoms in total. The zero-order chi connectivity index (χ0) is 25.8. The average molecular weight is 492 g/mol. The Kier molecular flexibility index (Phi) is 7.33. The molecular weight excluding hydrogens is 476 g/mol. The number of nitro groups is 1. The molecule has 1 amide bonds. The van der Waals surface area contributed by atoms with Crippen LogP contribution in [0.2, 0.25) is 0 Å². The first-order valence-corrected chi connectivity index (χ1v) is 9.77. The van der Waals surface area contributed by atoms with Crippen LogP contribution in [0.15, 0.2) is 66.7 Å². The SMILES string of the molecule is COC(=O)c1ccc(CN(C(=O)Oc2ccc([N+](=O)[O-])cc2)c2ccc(C(F)(F)F)cc2)c(F)c1. The molecule has 0 aliphatic heterocycles. The van der Waals surface area contributed by atoms with Gasteiger partial charge in [-0.3, -0.25) is 15.0 Å². The van der Waals surface area contributed by atoms with Crippen molar-refractivity contribution >= 4 is 23.4 Å². The molecule has 0 fully saturated rings. The van der Waals surface area contributed by atoms with Crippen LogP contribution < -0.4 is 9.64 Å². The minimum absolute atomic E-state index is 0.0404. The van der Waals surface area contributed by atoms with Crippen LogP contribution in [-0.4, -0.2) is 24.1 Å². The summed E-state index contributed by atoms with van der Waals surface area (Å²) in [7, 11) is 1.12. The number of rotatable bonds is 6. The summed E-state index contributed by atoms with van der Waals surface area (Å²) in [6.07, 6.45) is -5.70. The molecule has 3 rings (SSSR count). The number of alkyl halides is 3. The number of carbonyl (C=O) groups is 2.